The van der Waals surface area contributed by atoms with Crippen molar-refractivity contribution in [3.05, 3.63) is 35.9 Å². The number of hydrogen-bond donors (Lipinski definition) is 2. The number of nitrogens with two attached hydrogens (primary N) is 1. The van der Waals surface area contributed by atoms with Crippen molar-refractivity contribution in [3.63, 3.8) is 0 Å². The molecule has 2 fully saturated rings. The molecule has 116 valence electrons. The van der Waals surface area contributed by atoms with Gasteiger partial charge in [0.25, 0.3) is 0 Å². The topological polar surface area (TPSA) is 47.3 Å². The van der Waals surface area contributed by atoms with Crippen LogP contribution in [0.1, 0.15) is 50.5 Å². The van der Waals surface area contributed by atoms with Crippen molar-refractivity contribution in [2.24, 2.45) is 5.73 Å². The fraction of sp³-hybridized carbons (Fsp3) is 0.667. The van der Waals surface area contributed by atoms with Crippen molar-refractivity contribution in [1.82, 2.24) is 5.32 Å². The van der Waals surface area contributed by atoms with Gasteiger partial charge in [0.05, 0.1) is 12.7 Å². The van der Waals surface area contributed by atoms with Gasteiger partial charge in [0.1, 0.15) is 0 Å². The molecule has 0 unspecified atom stereocenters. The van der Waals surface area contributed by atoms with E-state index in [1.165, 1.54) is 50.5 Å². The number of hydrogen-bond acceptors (Lipinski definition) is 3. The Kier molecular flexibility index (Phi) is 5.28. The van der Waals surface area contributed by atoms with Crippen LogP contribution >= 0.6 is 0 Å². The highest BCUT2D eigenvalue weighted by atomic mass is 16.5. The lowest BCUT2D eigenvalue weighted by molar-refractivity contribution is -0.00861. The lowest BCUT2D eigenvalue weighted by atomic mass is 9.91. The maximum atomic E-state index is 6.22. The summed E-state index contributed by atoms with van der Waals surface area (Å²) in [6, 6.07) is 11.8. The van der Waals surface area contributed by atoms with E-state index >= 15 is 0 Å². The van der Waals surface area contributed by atoms with Gasteiger partial charge in [0.2, 0.25) is 0 Å². The Labute approximate surface area is 128 Å². The second-order valence-electron chi connectivity index (χ2n) is 6.59. The molecule has 0 spiro atoms. The van der Waals surface area contributed by atoms with Crippen LogP contribution in [0.4, 0.5) is 0 Å². The van der Waals surface area contributed by atoms with Crippen LogP contribution in [0.25, 0.3) is 0 Å². The molecule has 0 bridgehead atoms. The Morgan fingerprint density at radius 2 is 1.71 bits per heavy atom. The molecular weight excluding hydrogens is 260 g/mol. The van der Waals surface area contributed by atoms with E-state index in [9.17, 15) is 0 Å². The predicted molar refractivity (Wildman–Crippen MR) is 86.0 cm³/mol. The molecule has 3 N–H and O–H groups in total. The third-order valence-corrected chi connectivity index (χ3v) is 5.01. The minimum Gasteiger partial charge on any atom is -0.372 e. The fourth-order valence-corrected chi connectivity index (χ4v) is 3.74. The molecule has 0 heterocycles. The highest BCUT2D eigenvalue weighted by Gasteiger charge is 2.31. The quantitative estimate of drug-likeness (QED) is 0.875. The van der Waals surface area contributed by atoms with Gasteiger partial charge in [0, 0.05) is 18.1 Å². The summed E-state index contributed by atoms with van der Waals surface area (Å²) in [6.07, 6.45) is 8.99. The molecule has 0 saturated heterocycles. The molecule has 0 amide bonds. The predicted octanol–water partition coefficient (Wildman–Crippen LogP) is 2.98. The first-order valence-corrected chi connectivity index (χ1v) is 8.50. The Hall–Kier alpha value is -0.900. The van der Waals surface area contributed by atoms with Gasteiger partial charge in [-0.05, 0) is 31.2 Å². The number of rotatable bonds is 5. The van der Waals surface area contributed by atoms with E-state index in [0.29, 0.717) is 24.2 Å². The first-order valence-electron chi connectivity index (χ1n) is 8.50. The van der Waals surface area contributed by atoms with Crippen molar-refractivity contribution < 1.29 is 4.74 Å². The van der Waals surface area contributed by atoms with Crippen LogP contribution in [0, 0.1) is 0 Å². The fourth-order valence-electron chi connectivity index (χ4n) is 3.74. The summed E-state index contributed by atoms with van der Waals surface area (Å²) in [7, 11) is 0. The van der Waals surface area contributed by atoms with E-state index in [1.807, 2.05) is 0 Å². The average Bonchev–Trinajstić information content (AvgIpc) is 2.93. The number of ether oxygens (including phenoxy) is 1. The highest BCUT2D eigenvalue weighted by molar-refractivity contribution is 5.13. The van der Waals surface area contributed by atoms with E-state index in [-0.39, 0.29) is 0 Å². The molecule has 0 radical (unpaired) electrons. The third kappa shape index (κ3) is 4.06. The monoisotopic (exact) mass is 288 g/mol. The molecular formula is C18H28N2O. The number of benzene rings is 1. The van der Waals surface area contributed by atoms with Gasteiger partial charge in [-0.3, -0.25) is 0 Å². The van der Waals surface area contributed by atoms with Crippen LogP contribution in [0.15, 0.2) is 30.3 Å². The van der Waals surface area contributed by atoms with E-state index in [2.05, 4.69) is 35.6 Å². The molecule has 0 aromatic heterocycles. The molecule has 0 aliphatic heterocycles. The van der Waals surface area contributed by atoms with Gasteiger partial charge < -0.3 is 15.8 Å². The molecule has 1 aromatic rings. The highest BCUT2D eigenvalue weighted by Crippen LogP contribution is 2.25. The largest absolute Gasteiger partial charge is 0.372 e. The second kappa shape index (κ2) is 7.39. The first-order chi connectivity index (χ1) is 10.3. The Morgan fingerprint density at radius 1 is 0.952 bits per heavy atom. The summed E-state index contributed by atoms with van der Waals surface area (Å²) in [5.41, 5.74) is 7.47. The summed E-state index contributed by atoms with van der Waals surface area (Å²) >= 11 is 0. The minimum absolute atomic E-state index is 0.335. The zero-order valence-electron chi connectivity index (χ0n) is 12.8. The SMILES string of the molecule is N[C@@H]1CCC[C@@H]1N[C@@H]1CCCC[C@@H]1OCc1ccccc1. The Bertz CT molecular complexity index is 422. The van der Waals surface area contributed by atoms with E-state index in [4.69, 9.17) is 10.5 Å². The molecule has 4 atom stereocenters. The molecule has 21 heavy (non-hydrogen) atoms. The molecule has 2 aliphatic carbocycles. The molecule has 3 nitrogen and oxygen atoms in total. The average molecular weight is 288 g/mol. The van der Waals surface area contributed by atoms with Crippen LogP contribution in [0.3, 0.4) is 0 Å². The molecule has 2 saturated carbocycles. The van der Waals surface area contributed by atoms with Crippen molar-refractivity contribution in [2.45, 2.75) is 75.8 Å². The van der Waals surface area contributed by atoms with E-state index in [0.717, 1.165) is 6.61 Å². The van der Waals surface area contributed by atoms with Crippen LogP contribution < -0.4 is 11.1 Å². The van der Waals surface area contributed by atoms with Gasteiger partial charge >= 0.3 is 0 Å². The molecule has 2 aliphatic rings. The van der Waals surface area contributed by atoms with Crippen molar-refractivity contribution in [1.29, 1.82) is 0 Å². The summed E-state index contributed by atoms with van der Waals surface area (Å²) < 4.78 is 6.22. The molecule has 1 aromatic carbocycles. The maximum Gasteiger partial charge on any atom is 0.0732 e. The van der Waals surface area contributed by atoms with E-state index in [1.54, 1.807) is 0 Å². The lowest BCUT2D eigenvalue weighted by Crippen LogP contribution is -2.52. The van der Waals surface area contributed by atoms with E-state index < -0.39 is 0 Å². The smallest absolute Gasteiger partial charge is 0.0732 e. The maximum absolute atomic E-state index is 6.22. The normalized spacial score (nSPS) is 33.2. The van der Waals surface area contributed by atoms with Gasteiger partial charge in [-0.2, -0.15) is 0 Å². The van der Waals surface area contributed by atoms with Crippen LogP contribution in [-0.2, 0) is 11.3 Å². The van der Waals surface area contributed by atoms with Crippen LogP contribution in [-0.4, -0.2) is 24.2 Å². The van der Waals surface area contributed by atoms with Gasteiger partial charge in [-0.25, -0.2) is 0 Å². The standard InChI is InChI=1S/C18H28N2O/c19-15-9-6-11-16(15)20-17-10-4-5-12-18(17)21-13-14-7-2-1-3-8-14/h1-3,7-8,15-18,20H,4-6,9-13,19H2/t15-,16+,17-,18+/m1/s1. The van der Waals surface area contributed by atoms with Crippen molar-refractivity contribution in [3.8, 4) is 0 Å². The summed E-state index contributed by atoms with van der Waals surface area (Å²) in [4.78, 5) is 0. The number of nitrogens with one attached hydrogen (secondary N) is 1. The van der Waals surface area contributed by atoms with Crippen LogP contribution in [0.5, 0.6) is 0 Å². The Morgan fingerprint density at radius 3 is 2.48 bits per heavy atom. The zero-order chi connectivity index (χ0) is 14.5. The van der Waals surface area contributed by atoms with Crippen molar-refractivity contribution >= 4 is 0 Å². The lowest BCUT2D eigenvalue weighted by Gasteiger charge is -2.35. The first kappa shape index (κ1) is 15.0. The van der Waals surface area contributed by atoms with Gasteiger partial charge in [0.15, 0.2) is 0 Å². The second-order valence-corrected chi connectivity index (χ2v) is 6.59. The van der Waals surface area contributed by atoms with Crippen molar-refractivity contribution in [2.75, 3.05) is 0 Å². The molecule has 3 heteroatoms. The summed E-state index contributed by atoms with van der Waals surface area (Å²) in [6.45, 7) is 0.723. The van der Waals surface area contributed by atoms with Crippen LogP contribution in [0.2, 0.25) is 0 Å². The van der Waals surface area contributed by atoms with Gasteiger partial charge in [-0.1, -0.05) is 49.6 Å². The minimum atomic E-state index is 0.335. The Balaban J connectivity index is 1.54. The van der Waals surface area contributed by atoms with Gasteiger partial charge in [-0.15, -0.1) is 0 Å². The summed E-state index contributed by atoms with van der Waals surface area (Å²) in [5.74, 6) is 0. The third-order valence-electron chi connectivity index (χ3n) is 5.01. The summed E-state index contributed by atoms with van der Waals surface area (Å²) in [5, 5.41) is 3.80. The molecule has 3 rings (SSSR count). The zero-order valence-corrected chi connectivity index (χ0v) is 12.8.